The van der Waals surface area contributed by atoms with Crippen molar-refractivity contribution in [3.05, 3.63) is 24.0 Å². The first-order valence-corrected chi connectivity index (χ1v) is 4.51. The molecule has 4 nitrogen and oxygen atoms in total. The van der Waals surface area contributed by atoms with Crippen LogP contribution in [0.2, 0.25) is 0 Å². The van der Waals surface area contributed by atoms with Crippen LogP contribution in [0.5, 0.6) is 0 Å². The van der Waals surface area contributed by atoms with Gasteiger partial charge in [0.2, 0.25) is 0 Å². The Labute approximate surface area is 89.5 Å². The fourth-order valence-electron chi connectivity index (χ4n) is 1.12. The largest absolute Gasteiger partial charge is 0.416 e. The summed E-state index contributed by atoms with van der Waals surface area (Å²) in [6.45, 7) is 1.09. The summed E-state index contributed by atoms with van der Waals surface area (Å²) in [4.78, 5) is 13.9. The molecule has 0 aliphatic heterocycles. The monoisotopic (exact) mass is 236 g/mol. The van der Waals surface area contributed by atoms with Crippen molar-refractivity contribution in [1.29, 1.82) is 0 Å². The Kier molecular flexibility index (Phi) is 3.58. The van der Waals surface area contributed by atoms with Gasteiger partial charge < -0.3 is 15.4 Å². The van der Waals surface area contributed by atoms with Crippen molar-refractivity contribution in [2.24, 2.45) is 0 Å². The van der Waals surface area contributed by atoms with Crippen molar-refractivity contribution < 1.29 is 23.1 Å². The van der Waals surface area contributed by atoms with E-state index in [1.165, 1.54) is 18.5 Å². The van der Waals surface area contributed by atoms with Crippen LogP contribution in [-0.2, 0) is 0 Å². The highest BCUT2D eigenvalue weighted by molar-refractivity contribution is 5.94. The van der Waals surface area contributed by atoms with E-state index in [1.54, 1.807) is 0 Å². The van der Waals surface area contributed by atoms with Gasteiger partial charge in [0.15, 0.2) is 6.10 Å². The molecule has 1 amide bonds. The van der Waals surface area contributed by atoms with Crippen LogP contribution in [0.3, 0.4) is 0 Å². The van der Waals surface area contributed by atoms with Crippen LogP contribution in [-0.4, -0.2) is 34.3 Å². The summed E-state index contributed by atoms with van der Waals surface area (Å²) in [6.07, 6.45) is -4.50. The zero-order valence-electron chi connectivity index (χ0n) is 8.38. The van der Waals surface area contributed by atoms with Crippen molar-refractivity contribution >= 4 is 5.91 Å². The van der Waals surface area contributed by atoms with Gasteiger partial charge in [0.25, 0.3) is 5.91 Å². The van der Waals surface area contributed by atoms with E-state index in [2.05, 4.69) is 10.3 Å². The van der Waals surface area contributed by atoms with E-state index in [0.717, 1.165) is 6.92 Å². The second-order valence-electron chi connectivity index (χ2n) is 3.35. The first-order chi connectivity index (χ1) is 7.32. The van der Waals surface area contributed by atoms with Crippen molar-refractivity contribution in [2.75, 3.05) is 0 Å². The van der Waals surface area contributed by atoms with Crippen molar-refractivity contribution in [3.63, 3.8) is 0 Å². The van der Waals surface area contributed by atoms with E-state index in [9.17, 15) is 18.0 Å². The third kappa shape index (κ3) is 2.99. The molecular weight excluding hydrogens is 225 g/mol. The van der Waals surface area contributed by atoms with Gasteiger partial charge in [-0.3, -0.25) is 4.79 Å². The highest BCUT2D eigenvalue weighted by Crippen LogP contribution is 2.22. The van der Waals surface area contributed by atoms with Gasteiger partial charge in [0.1, 0.15) is 0 Å². The molecule has 90 valence electrons. The Bertz CT molecular complexity index is 348. The minimum atomic E-state index is -4.75. The van der Waals surface area contributed by atoms with Gasteiger partial charge in [-0.05, 0) is 13.0 Å². The molecule has 7 heteroatoms. The van der Waals surface area contributed by atoms with E-state index in [-0.39, 0.29) is 5.56 Å². The maximum atomic E-state index is 12.1. The molecule has 16 heavy (non-hydrogen) atoms. The minimum absolute atomic E-state index is 0.209. The fourth-order valence-corrected chi connectivity index (χ4v) is 1.12. The summed E-state index contributed by atoms with van der Waals surface area (Å²) < 4.78 is 36.3. The average Bonchev–Trinajstić information content (AvgIpc) is 2.67. The van der Waals surface area contributed by atoms with E-state index >= 15 is 0 Å². The molecule has 0 spiro atoms. The predicted octanol–water partition coefficient (Wildman–Crippen LogP) is 1.06. The summed E-state index contributed by atoms with van der Waals surface area (Å²) in [6, 6.07) is 0.0181. The van der Waals surface area contributed by atoms with E-state index < -0.39 is 24.2 Å². The lowest BCUT2D eigenvalue weighted by molar-refractivity contribution is -0.209. The van der Waals surface area contributed by atoms with Crippen LogP contribution in [0, 0.1) is 0 Å². The average molecular weight is 236 g/mol. The quantitative estimate of drug-likeness (QED) is 0.734. The van der Waals surface area contributed by atoms with E-state index in [1.807, 2.05) is 0 Å². The maximum absolute atomic E-state index is 12.1. The number of hydrogen-bond acceptors (Lipinski definition) is 2. The molecule has 0 aromatic carbocycles. The second-order valence-corrected chi connectivity index (χ2v) is 3.35. The molecule has 2 unspecified atom stereocenters. The minimum Gasteiger partial charge on any atom is -0.382 e. The SMILES string of the molecule is CC(NC(=O)c1cc[nH]c1)C(O)C(F)(F)F. The Morgan fingerprint density at radius 2 is 2.19 bits per heavy atom. The number of rotatable bonds is 3. The molecule has 1 rings (SSSR count). The first-order valence-electron chi connectivity index (χ1n) is 4.51. The van der Waals surface area contributed by atoms with Gasteiger partial charge in [-0.25, -0.2) is 0 Å². The fraction of sp³-hybridized carbons (Fsp3) is 0.444. The number of carbonyl (C=O) groups is 1. The number of aromatic amines is 1. The number of H-pyrrole nitrogens is 1. The van der Waals surface area contributed by atoms with Gasteiger partial charge in [-0.15, -0.1) is 0 Å². The molecule has 1 aromatic rings. The molecule has 1 aromatic heterocycles. The normalized spacial score (nSPS) is 15.6. The molecule has 1 heterocycles. The van der Waals surface area contributed by atoms with Crippen LogP contribution in [0.1, 0.15) is 17.3 Å². The molecule has 0 radical (unpaired) electrons. The number of aromatic nitrogens is 1. The van der Waals surface area contributed by atoms with Crippen molar-refractivity contribution in [3.8, 4) is 0 Å². The molecule has 0 saturated heterocycles. The number of hydrogen-bond donors (Lipinski definition) is 3. The highest BCUT2D eigenvalue weighted by atomic mass is 19.4. The Hall–Kier alpha value is -1.50. The Morgan fingerprint density at radius 1 is 1.56 bits per heavy atom. The van der Waals surface area contributed by atoms with Gasteiger partial charge >= 0.3 is 6.18 Å². The summed E-state index contributed by atoms with van der Waals surface area (Å²) in [5, 5.41) is 10.9. The third-order valence-electron chi connectivity index (χ3n) is 2.03. The number of nitrogens with one attached hydrogen (secondary N) is 2. The molecule has 2 atom stereocenters. The molecule has 0 saturated carbocycles. The number of aliphatic hydroxyl groups excluding tert-OH is 1. The van der Waals surface area contributed by atoms with E-state index in [4.69, 9.17) is 5.11 Å². The Balaban J connectivity index is 2.58. The lowest BCUT2D eigenvalue weighted by Crippen LogP contribution is -2.48. The number of alkyl halides is 3. The molecule has 0 aliphatic rings. The van der Waals surface area contributed by atoms with Crippen molar-refractivity contribution in [2.45, 2.75) is 25.2 Å². The van der Waals surface area contributed by atoms with Gasteiger partial charge in [-0.1, -0.05) is 0 Å². The first kappa shape index (κ1) is 12.6. The smallest absolute Gasteiger partial charge is 0.382 e. The van der Waals surface area contributed by atoms with Gasteiger partial charge in [-0.2, -0.15) is 13.2 Å². The molecule has 0 fully saturated rings. The predicted molar refractivity (Wildman–Crippen MR) is 49.8 cm³/mol. The summed E-state index contributed by atoms with van der Waals surface area (Å²) in [7, 11) is 0. The van der Waals surface area contributed by atoms with Crippen LogP contribution in [0.25, 0.3) is 0 Å². The van der Waals surface area contributed by atoms with Crippen LogP contribution in [0.15, 0.2) is 18.5 Å². The zero-order chi connectivity index (χ0) is 12.3. The Morgan fingerprint density at radius 3 is 2.62 bits per heavy atom. The summed E-state index contributed by atoms with van der Waals surface area (Å²) in [5.74, 6) is -0.669. The number of carbonyl (C=O) groups excluding carboxylic acids is 1. The second kappa shape index (κ2) is 4.56. The molecule has 0 bridgehead atoms. The van der Waals surface area contributed by atoms with Crippen molar-refractivity contribution in [1.82, 2.24) is 10.3 Å². The molecule has 0 aliphatic carbocycles. The van der Waals surface area contributed by atoms with Gasteiger partial charge in [0.05, 0.1) is 11.6 Å². The third-order valence-corrected chi connectivity index (χ3v) is 2.03. The zero-order valence-corrected chi connectivity index (χ0v) is 8.38. The van der Waals surface area contributed by atoms with Crippen LogP contribution < -0.4 is 5.32 Å². The van der Waals surface area contributed by atoms with Gasteiger partial charge in [0, 0.05) is 12.4 Å². The number of halogens is 3. The lowest BCUT2D eigenvalue weighted by Gasteiger charge is -2.22. The summed E-state index contributed by atoms with van der Waals surface area (Å²) >= 11 is 0. The maximum Gasteiger partial charge on any atom is 0.416 e. The number of amides is 1. The van der Waals surface area contributed by atoms with Crippen LogP contribution >= 0.6 is 0 Å². The molecule has 3 N–H and O–H groups in total. The lowest BCUT2D eigenvalue weighted by atomic mass is 10.1. The summed E-state index contributed by atoms with van der Waals surface area (Å²) in [5.41, 5.74) is 0.209. The standard InChI is InChI=1S/C9H11F3N2O2/c1-5(7(15)9(10,11)12)14-8(16)6-2-3-13-4-6/h2-5,7,13,15H,1H3,(H,14,16). The topological polar surface area (TPSA) is 65.1 Å². The highest BCUT2D eigenvalue weighted by Gasteiger charge is 2.42. The van der Waals surface area contributed by atoms with Crippen LogP contribution in [0.4, 0.5) is 13.2 Å². The molecular formula is C9H11F3N2O2. The number of aliphatic hydroxyl groups is 1. The van der Waals surface area contributed by atoms with E-state index in [0.29, 0.717) is 0 Å².